The van der Waals surface area contributed by atoms with E-state index in [1.165, 1.54) is 87.2 Å². The zero-order valence-electron chi connectivity index (χ0n) is 25.3. The molecule has 0 aliphatic carbocycles. The Morgan fingerprint density at radius 3 is 1.37 bits per heavy atom. The van der Waals surface area contributed by atoms with Crippen LogP contribution in [0.15, 0.2) is 170 Å². The van der Waals surface area contributed by atoms with E-state index in [9.17, 15) is 0 Å². The van der Waals surface area contributed by atoms with E-state index in [-0.39, 0.29) is 0 Å². The Hall–Kier alpha value is -5.98. The lowest BCUT2D eigenvalue weighted by molar-refractivity contribution is 1.66. The van der Waals surface area contributed by atoms with E-state index < -0.39 is 0 Å². The van der Waals surface area contributed by atoms with Gasteiger partial charge in [0.1, 0.15) is 0 Å². The zero-order valence-corrected chi connectivity index (χ0v) is 25.3. The molecule has 0 amide bonds. The fourth-order valence-electron chi connectivity index (χ4n) is 6.87. The van der Waals surface area contributed by atoms with Gasteiger partial charge in [-0.25, -0.2) is 0 Å². The van der Waals surface area contributed by atoms with Gasteiger partial charge in [0.15, 0.2) is 0 Å². The van der Waals surface area contributed by atoms with Crippen LogP contribution in [-0.2, 0) is 0 Å². The van der Waals surface area contributed by atoms with Gasteiger partial charge < -0.3 is 0 Å². The lowest BCUT2D eigenvalue weighted by Crippen LogP contribution is -1.83. The molecule has 0 heterocycles. The molecule has 0 fully saturated rings. The Balaban J connectivity index is 0.975. The Kier molecular flexibility index (Phi) is 6.25. The maximum Gasteiger partial charge on any atom is -0.0105 e. The second kappa shape index (κ2) is 10.9. The summed E-state index contributed by atoms with van der Waals surface area (Å²) in [5.41, 5.74) is 7.41. The molecule has 0 heteroatoms. The molecule has 0 saturated carbocycles. The molecule has 0 aliphatic heterocycles. The lowest BCUT2D eigenvalue weighted by Gasteiger charge is -2.09. The van der Waals surface area contributed by atoms with E-state index in [1.54, 1.807) is 0 Å². The quantitative estimate of drug-likeness (QED) is 0.143. The van der Waals surface area contributed by atoms with Crippen LogP contribution in [-0.4, -0.2) is 0 Å². The van der Waals surface area contributed by atoms with Crippen molar-refractivity contribution in [1.82, 2.24) is 0 Å². The van der Waals surface area contributed by atoms with Gasteiger partial charge in [0.2, 0.25) is 0 Å². The average Bonchev–Trinajstić information content (AvgIpc) is 3.12. The maximum absolute atomic E-state index is 2.31. The van der Waals surface area contributed by atoms with Crippen molar-refractivity contribution in [3.8, 4) is 22.3 Å². The van der Waals surface area contributed by atoms with Gasteiger partial charge in [0.25, 0.3) is 0 Å². The molecule has 9 aromatic carbocycles. The van der Waals surface area contributed by atoms with Crippen molar-refractivity contribution in [2.24, 2.45) is 0 Å². The average molecular weight is 583 g/mol. The third-order valence-corrected chi connectivity index (χ3v) is 9.34. The first-order valence-corrected chi connectivity index (χ1v) is 15.9. The van der Waals surface area contributed by atoms with Crippen molar-refractivity contribution >= 4 is 66.0 Å². The summed E-state index contributed by atoms with van der Waals surface area (Å²) in [4.78, 5) is 0. The summed E-state index contributed by atoms with van der Waals surface area (Å²) in [6.07, 6.45) is 4.43. The normalized spacial score (nSPS) is 11.8. The van der Waals surface area contributed by atoms with Crippen LogP contribution in [0, 0.1) is 0 Å². The van der Waals surface area contributed by atoms with Gasteiger partial charge >= 0.3 is 0 Å². The first kappa shape index (κ1) is 26.4. The maximum atomic E-state index is 2.31. The van der Waals surface area contributed by atoms with Crippen molar-refractivity contribution < 1.29 is 0 Å². The summed E-state index contributed by atoms with van der Waals surface area (Å²) in [6.45, 7) is 0. The van der Waals surface area contributed by atoms with Crippen molar-refractivity contribution in [1.29, 1.82) is 0 Å². The van der Waals surface area contributed by atoms with Gasteiger partial charge in [-0.1, -0.05) is 140 Å². The smallest absolute Gasteiger partial charge is 0.0105 e. The van der Waals surface area contributed by atoms with E-state index in [2.05, 4.69) is 182 Å². The lowest BCUT2D eigenvalue weighted by atomic mass is 9.95. The molecule has 46 heavy (non-hydrogen) atoms. The van der Waals surface area contributed by atoms with Gasteiger partial charge in [0.05, 0.1) is 0 Å². The van der Waals surface area contributed by atoms with E-state index in [0.717, 1.165) is 0 Å². The predicted molar refractivity (Wildman–Crippen MR) is 200 cm³/mol. The summed E-state index contributed by atoms with van der Waals surface area (Å²) in [6, 6.07) is 62.2. The third-order valence-electron chi connectivity index (χ3n) is 9.34. The van der Waals surface area contributed by atoms with Crippen LogP contribution in [0.1, 0.15) is 11.1 Å². The molecule has 0 nitrogen and oxygen atoms in total. The molecule has 0 radical (unpaired) electrons. The highest BCUT2D eigenvalue weighted by atomic mass is 14.1. The Labute approximate surface area is 268 Å². The molecule has 9 aromatic rings. The molecule has 0 atom stereocenters. The fourth-order valence-corrected chi connectivity index (χ4v) is 6.87. The van der Waals surface area contributed by atoms with Crippen LogP contribution >= 0.6 is 0 Å². The van der Waals surface area contributed by atoms with Crippen LogP contribution < -0.4 is 0 Å². The number of benzene rings is 9. The topological polar surface area (TPSA) is 0 Å². The molecule has 0 aromatic heterocycles. The second-order valence-electron chi connectivity index (χ2n) is 12.3. The molecule has 0 unspecified atom stereocenters. The number of rotatable bonds is 4. The molecule has 0 bridgehead atoms. The number of hydrogen-bond donors (Lipinski definition) is 0. The van der Waals surface area contributed by atoms with Crippen molar-refractivity contribution in [2.45, 2.75) is 0 Å². The van der Waals surface area contributed by atoms with Crippen LogP contribution in [0.25, 0.3) is 88.3 Å². The summed E-state index contributed by atoms with van der Waals surface area (Å²) in [5.74, 6) is 0. The first-order valence-electron chi connectivity index (χ1n) is 15.9. The number of fused-ring (bicyclic) bond motifs is 5. The SMILES string of the molecule is C(=Cc1ccc2cc(-c3cccc4ccccc34)ccc2c1)c1ccc2cc(-c3ccc4cc5ccccc5cc4c3)ccc2c1. The minimum Gasteiger partial charge on any atom is -0.0616 e. The largest absolute Gasteiger partial charge is 0.0616 e. The van der Waals surface area contributed by atoms with Crippen molar-refractivity contribution in [3.05, 3.63) is 181 Å². The molecule has 214 valence electrons. The Morgan fingerprint density at radius 2 is 0.696 bits per heavy atom. The number of hydrogen-bond acceptors (Lipinski definition) is 0. The zero-order chi connectivity index (χ0) is 30.5. The molecular weight excluding hydrogens is 553 g/mol. The molecule has 0 aliphatic rings. The molecule has 9 rings (SSSR count). The summed E-state index contributed by atoms with van der Waals surface area (Å²) in [5, 5.41) is 12.7. The minimum atomic E-state index is 1.20. The summed E-state index contributed by atoms with van der Waals surface area (Å²) in [7, 11) is 0. The highest BCUT2D eigenvalue weighted by Crippen LogP contribution is 2.33. The fraction of sp³-hybridized carbons (Fsp3) is 0. The van der Waals surface area contributed by atoms with Crippen LogP contribution in [0.3, 0.4) is 0 Å². The molecule has 0 spiro atoms. The minimum absolute atomic E-state index is 1.20. The van der Waals surface area contributed by atoms with Crippen LogP contribution in [0.5, 0.6) is 0 Å². The highest BCUT2D eigenvalue weighted by molar-refractivity contribution is 6.01. The molecular formula is C46H30. The third kappa shape index (κ3) is 4.82. The van der Waals surface area contributed by atoms with E-state index in [4.69, 9.17) is 0 Å². The monoisotopic (exact) mass is 582 g/mol. The van der Waals surface area contributed by atoms with Gasteiger partial charge in [0, 0.05) is 0 Å². The van der Waals surface area contributed by atoms with Gasteiger partial charge in [-0.05, 0) is 130 Å². The summed E-state index contributed by atoms with van der Waals surface area (Å²) >= 11 is 0. The van der Waals surface area contributed by atoms with Gasteiger partial charge in [-0.15, -0.1) is 0 Å². The second-order valence-corrected chi connectivity index (χ2v) is 12.3. The van der Waals surface area contributed by atoms with Crippen LogP contribution in [0.4, 0.5) is 0 Å². The standard InChI is InChI=1S/C46H30/c1-2-8-35-29-44-30-41(20-21-42(44)26-34(35)7-1)40-19-18-36-24-31(14-16-38(36)27-40)12-13-32-15-17-39-28-43(23-22-37(39)25-32)46-11-5-9-33-6-3-4-10-45(33)46/h1-30H. The first-order chi connectivity index (χ1) is 22.7. The predicted octanol–water partition coefficient (Wildman–Crippen LogP) is 13.0. The van der Waals surface area contributed by atoms with Gasteiger partial charge in [-0.2, -0.15) is 0 Å². The van der Waals surface area contributed by atoms with E-state index in [0.29, 0.717) is 0 Å². The Morgan fingerprint density at radius 1 is 0.261 bits per heavy atom. The van der Waals surface area contributed by atoms with E-state index >= 15 is 0 Å². The van der Waals surface area contributed by atoms with Gasteiger partial charge in [-0.3, -0.25) is 0 Å². The van der Waals surface area contributed by atoms with E-state index in [1.807, 2.05) is 0 Å². The Bertz CT molecular complexity index is 2630. The highest BCUT2D eigenvalue weighted by Gasteiger charge is 2.06. The molecule has 0 N–H and O–H groups in total. The summed E-state index contributed by atoms with van der Waals surface area (Å²) < 4.78 is 0. The van der Waals surface area contributed by atoms with Crippen LogP contribution in [0.2, 0.25) is 0 Å². The van der Waals surface area contributed by atoms with Crippen molar-refractivity contribution in [3.63, 3.8) is 0 Å². The van der Waals surface area contributed by atoms with Crippen molar-refractivity contribution in [2.75, 3.05) is 0 Å². The molecule has 0 saturated heterocycles.